The maximum Gasteiger partial charge on any atom is 0.338 e. The highest BCUT2D eigenvalue weighted by Gasteiger charge is 2.28. The fraction of sp³-hybridized carbons (Fsp3) is 0.400. The van der Waals surface area contributed by atoms with E-state index in [4.69, 9.17) is 4.74 Å². The molecule has 0 amide bonds. The van der Waals surface area contributed by atoms with E-state index < -0.39 is 11.4 Å². The Hall–Kier alpha value is -1.69. The number of para-hydroxylation sites is 1. The zero-order valence-electron chi connectivity index (χ0n) is 11.3. The van der Waals surface area contributed by atoms with Gasteiger partial charge >= 0.3 is 5.97 Å². The second kappa shape index (κ2) is 7.79. The van der Waals surface area contributed by atoms with Crippen LogP contribution < -0.4 is 4.74 Å². The summed E-state index contributed by atoms with van der Waals surface area (Å²) in [5, 5.41) is 27.6. The van der Waals surface area contributed by atoms with Gasteiger partial charge in [-0.25, -0.2) is 4.79 Å². The Balaban J connectivity index is 2.52. The van der Waals surface area contributed by atoms with E-state index in [-0.39, 0.29) is 38.2 Å². The number of ether oxygens (including phenoxy) is 1. The van der Waals surface area contributed by atoms with Crippen LogP contribution in [0.25, 0.3) is 0 Å². The number of carbonyl (C=O) groups is 1. The van der Waals surface area contributed by atoms with Gasteiger partial charge in [-0.15, -0.1) is 0 Å². The number of hydrogen-bond acceptors (Lipinski definition) is 5. The zero-order chi connectivity index (χ0) is 15.0. The summed E-state index contributed by atoms with van der Waals surface area (Å²) in [7, 11) is 0. The van der Waals surface area contributed by atoms with E-state index in [1.165, 1.54) is 0 Å². The molecule has 0 unspecified atom stereocenters. The van der Waals surface area contributed by atoms with Crippen LogP contribution in [-0.4, -0.2) is 41.1 Å². The van der Waals surface area contributed by atoms with Crippen LogP contribution >= 0.6 is 0 Å². The van der Waals surface area contributed by atoms with Crippen molar-refractivity contribution in [2.75, 3.05) is 19.8 Å². The van der Waals surface area contributed by atoms with Gasteiger partial charge in [0.25, 0.3) is 0 Å². The van der Waals surface area contributed by atoms with Gasteiger partial charge in [-0.05, 0) is 25.0 Å². The average molecular weight is 280 g/mol. The highest BCUT2D eigenvalue weighted by Crippen LogP contribution is 2.24. The first-order valence-corrected chi connectivity index (χ1v) is 6.34. The maximum absolute atomic E-state index is 11.8. The topological polar surface area (TPSA) is 87.0 Å². The van der Waals surface area contributed by atoms with E-state index in [1.807, 2.05) is 6.07 Å². The molecule has 0 fully saturated rings. The summed E-state index contributed by atoms with van der Waals surface area (Å²) in [6.45, 7) is 2.56. The summed E-state index contributed by atoms with van der Waals surface area (Å²) >= 11 is 0. The third-order valence-corrected chi connectivity index (χ3v) is 3.21. The maximum atomic E-state index is 11.8. The van der Waals surface area contributed by atoms with Crippen molar-refractivity contribution < 1.29 is 24.9 Å². The van der Waals surface area contributed by atoms with Crippen LogP contribution in [0.1, 0.15) is 12.8 Å². The molecule has 1 rings (SSSR count). The Labute approximate surface area is 118 Å². The number of hydrogen-bond donors (Lipinski definition) is 3. The van der Waals surface area contributed by atoms with Gasteiger partial charge in [0.2, 0.25) is 0 Å². The summed E-state index contributed by atoms with van der Waals surface area (Å²) in [6.07, 6.45) is 0.479. The molecule has 0 aromatic heterocycles. The van der Waals surface area contributed by atoms with Crippen molar-refractivity contribution >= 4 is 5.97 Å². The van der Waals surface area contributed by atoms with Crippen LogP contribution in [0, 0.1) is 5.41 Å². The van der Waals surface area contributed by atoms with Gasteiger partial charge in [0.15, 0.2) is 0 Å². The van der Waals surface area contributed by atoms with E-state index in [2.05, 4.69) is 6.58 Å². The molecule has 0 heterocycles. The number of aliphatic hydroxyl groups is 3. The van der Waals surface area contributed by atoms with Gasteiger partial charge in [-0.1, -0.05) is 24.8 Å². The molecule has 1 aromatic rings. The molecule has 0 saturated carbocycles. The van der Waals surface area contributed by atoms with Gasteiger partial charge < -0.3 is 20.1 Å². The summed E-state index contributed by atoms with van der Waals surface area (Å²) in [5.74, 6) is -0.129. The molecule has 0 saturated heterocycles. The van der Waals surface area contributed by atoms with Crippen molar-refractivity contribution in [1.82, 2.24) is 0 Å². The number of esters is 1. The third kappa shape index (κ3) is 4.45. The SMILES string of the molecule is C=C(CCC(CO)(CO)CO)C(=O)Oc1ccccc1. The molecular weight excluding hydrogens is 260 g/mol. The standard InChI is InChI=1S/C15H20O5/c1-12(7-8-15(9-16,10-17)11-18)14(19)20-13-5-3-2-4-6-13/h2-6,16-18H,1,7-11H2. The number of rotatable bonds is 8. The minimum absolute atomic E-state index is 0.230. The Bertz CT molecular complexity index is 429. The van der Waals surface area contributed by atoms with E-state index in [9.17, 15) is 20.1 Å². The quantitative estimate of drug-likeness (QED) is 0.374. The van der Waals surface area contributed by atoms with Crippen molar-refractivity contribution in [1.29, 1.82) is 0 Å². The number of carbonyl (C=O) groups excluding carboxylic acids is 1. The molecule has 0 bridgehead atoms. The third-order valence-electron chi connectivity index (χ3n) is 3.21. The number of benzene rings is 1. The van der Waals surface area contributed by atoms with Gasteiger partial charge in [-0.2, -0.15) is 0 Å². The minimum Gasteiger partial charge on any atom is -0.423 e. The van der Waals surface area contributed by atoms with Gasteiger partial charge in [0.05, 0.1) is 19.8 Å². The predicted octanol–water partition coefficient (Wildman–Crippen LogP) is 0.892. The molecule has 0 aliphatic rings. The van der Waals surface area contributed by atoms with E-state index in [0.29, 0.717) is 5.75 Å². The molecule has 0 aliphatic heterocycles. The van der Waals surface area contributed by atoms with E-state index in [1.54, 1.807) is 24.3 Å². The van der Waals surface area contributed by atoms with Crippen molar-refractivity contribution in [2.24, 2.45) is 5.41 Å². The fourth-order valence-electron chi connectivity index (χ4n) is 1.57. The second-order valence-electron chi connectivity index (χ2n) is 4.78. The molecule has 20 heavy (non-hydrogen) atoms. The first-order valence-electron chi connectivity index (χ1n) is 6.34. The van der Waals surface area contributed by atoms with E-state index >= 15 is 0 Å². The highest BCUT2D eigenvalue weighted by atomic mass is 16.5. The number of aliphatic hydroxyl groups excluding tert-OH is 3. The van der Waals surface area contributed by atoms with Gasteiger partial charge in [-0.3, -0.25) is 0 Å². The lowest BCUT2D eigenvalue weighted by molar-refractivity contribution is -0.130. The molecule has 0 aliphatic carbocycles. The molecule has 0 spiro atoms. The molecule has 5 heteroatoms. The average Bonchev–Trinajstić information content (AvgIpc) is 2.50. The lowest BCUT2D eigenvalue weighted by Crippen LogP contribution is -2.34. The first kappa shape index (κ1) is 16.4. The second-order valence-corrected chi connectivity index (χ2v) is 4.78. The van der Waals surface area contributed by atoms with Crippen LogP contribution in [0.2, 0.25) is 0 Å². The van der Waals surface area contributed by atoms with Crippen molar-refractivity contribution in [3.63, 3.8) is 0 Å². The zero-order valence-corrected chi connectivity index (χ0v) is 11.3. The molecule has 0 atom stereocenters. The van der Waals surface area contributed by atoms with Crippen molar-refractivity contribution in [2.45, 2.75) is 12.8 Å². The van der Waals surface area contributed by atoms with E-state index in [0.717, 1.165) is 0 Å². The molecule has 3 N–H and O–H groups in total. The van der Waals surface area contributed by atoms with Crippen molar-refractivity contribution in [3.8, 4) is 5.75 Å². The first-order chi connectivity index (χ1) is 9.56. The minimum atomic E-state index is -1.00. The fourth-order valence-corrected chi connectivity index (χ4v) is 1.57. The largest absolute Gasteiger partial charge is 0.423 e. The molecule has 1 aromatic carbocycles. The molecule has 5 nitrogen and oxygen atoms in total. The lowest BCUT2D eigenvalue weighted by Gasteiger charge is -2.27. The molecular formula is C15H20O5. The summed E-state index contributed by atoms with van der Waals surface area (Å²) in [5.41, 5.74) is -0.774. The van der Waals surface area contributed by atoms with Crippen LogP contribution in [0.5, 0.6) is 5.75 Å². The monoisotopic (exact) mass is 280 g/mol. The van der Waals surface area contributed by atoms with Crippen LogP contribution in [-0.2, 0) is 4.79 Å². The van der Waals surface area contributed by atoms with Crippen LogP contribution in [0.3, 0.4) is 0 Å². The Morgan fingerprint density at radius 1 is 1.10 bits per heavy atom. The van der Waals surface area contributed by atoms with Gasteiger partial charge in [0.1, 0.15) is 5.75 Å². The lowest BCUT2D eigenvalue weighted by atomic mass is 9.84. The predicted molar refractivity (Wildman–Crippen MR) is 74.1 cm³/mol. The highest BCUT2D eigenvalue weighted by molar-refractivity contribution is 5.89. The van der Waals surface area contributed by atoms with Crippen LogP contribution in [0.15, 0.2) is 42.5 Å². The summed E-state index contributed by atoms with van der Waals surface area (Å²) in [4.78, 5) is 11.8. The normalized spacial score (nSPS) is 11.2. The molecule has 0 radical (unpaired) electrons. The summed E-state index contributed by atoms with van der Waals surface area (Å²) < 4.78 is 5.12. The molecule has 110 valence electrons. The summed E-state index contributed by atoms with van der Waals surface area (Å²) in [6, 6.07) is 8.62. The van der Waals surface area contributed by atoms with Crippen LogP contribution in [0.4, 0.5) is 0 Å². The Morgan fingerprint density at radius 3 is 2.15 bits per heavy atom. The Kier molecular flexibility index (Phi) is 6.38. The Morgan fingerprint density at radius 2 is 1.65 bits per heavy atom. The smallest absolute Gasteiger partial charge is 0.338 e. The van der Waals surface area contributed by atoms with Gasteiger partial charge in [0, 0.05) is 11.0 Å². The van der Waals surface area contributed by atoms with Crippen molar-refractivity contribution in [3.05, 3.63) is 42.5 Å².